The monoisotopic (exact) mass is 511 g/mol. The summed E-state index contributed by atoms with van der Waals surface area (Å²) in [4.78, 5) is 23.7. The Kier molecular flexibility index (Phi) is 7.02. The highest BCUT2D eigenvalue weighted by molar-refractivity contribution is 7.52. The molecule has 0 bridgehead atoms. The van der Waals surface area contributed by atoms with Crippen LogP contribution in [0.3, 0.4) is 0 Å². The Bertz CT molecular complexity index is 1240. The Morgan fingerprint density at radius 3 is 2.79 bits per heavy atom. The van der Waals surface area contributed by atoms with E-state index in [1.807, 2.05) is 16.7 Å². The molecule has 0 radical (unpaired) electrons. The van der Waals surface area contributed by atoms with Gasteiger partial charge >= 0.3 is 13.7 Å². The molecule has 1 aromatic carbocycles. The van der Waals surface area contributed by atoms with E-state index in [0.717, 1.165) is 0 Å². The van der Waals surface area contributed by atoms with Crippen molar-refractivity contribution in [3.05, 3.63) is 59.2 Å². The van der Waals surface area contributed by atoms with Gasteiger partial charge in [0.05, 0.1) is 19.0 Å². The molecule has 2 aromatic heterocycles. The average Bonchev–Trinajstić information content (AvgIpc) is 3.40. The van der Waals surface area contributed by atoms with Crippen molar-refractivity contribution in [1.29, 1.82) is 0 Å². The van der Waals surface area contributed by atoms with E-state index in [1.54, 1.807) is 36.7 Å². The van der Waals surface area contributed by atoms with E-state index in [9.17, 15) is 14.5 Å². The zero-order valence-corrected chi connectivity index (χ0v) is 19.7. The van der Waals surface area contributed by atoms with Gasteiger partial charge in [0.25, 0.3) is 0 Å². The maximum atomic E-state index is 13.3. The van der Waals surface area contributed by atoms with Crippen LogP contribution in [0.1, 0.15) is 19.4 Å². The summed E-state index contributed by atoms with van der Waals surface area (Å²) in [5.41, 5.74) is 0.952. The molecule has 1 aliphatic rings. The molecular weight excluding hydrogens is 492 g/mol. The number of aromatic nitrogens is 4. The molecule has 1 aliphatic carbocycles. The Morgan fingerprint density at radius 1 is 1.30 bits per heavy atom. The Morgan fingerprint density at radius 2 is 2.06 bits per heavy atom. The average molecular weight is 512 g/mol. The Labute approximate surface area is 199 Å². The molecule has 4 atom stereocenters. The van der Waals surface area contributed by atoms with Gasteiger partial charge in [0.2, 0.25) is 5.28 Å². The van der Waals surface area contributed by atoms with Gasteiger partial charge in [-0.3, -0.25) is 9.32 Å². The lowest BCUT2D eigenvalue weighted by Crippen LogP contribution is -2.33. The molecule has 2 N–H and O–H groups in total. The summed E-state index contributed by atoms with van der Waals surface area (Å²) in [7, 11) is -3.98. The van der Waals surface area contributed by atoms with Crippen LogP contribution in [-0.4, -0.2) is 43.2 Å². The SMILES string of the molecule is CC(NP(=O)(OC[C@@H]1C=C[C@H](n2cnc3c(Cl)nc(Cl)nc32)C1)Oc1ccccc1)C(=O)O. The molecule has 2 heterocycles. The molecule has 0 saturated carbocycles. The second-order valence-electron chi connectivity index (χ2n) is 7.44. The molecule has 0 aliphatic heterocycles. The van der Waals surface area contributed by atoms with Crippen molar-refractivity contribution >= 4 is 48.1 Å². The number of carboxylic acids is 1. The normalized spacial score (nSPS) is 20.6. The van der Waals surface area contributed by atoms with Gasteiger partial charge in [-0.2, -0.15) is 10.1 Å². The number of hydrogen-bond acceptors (Lipinski definition) is 7. The van der Waals surface area contributed by atoms with Gasteiger partial charge in [0, 0.05) is 5.92 Å². The maximum absolute atomic E-state index is 13.3. The number of hydrogen-bond donors (Lipinski definition) is 2. The van der Waals surface area contributed by atoms with Crippen molar-refractivity contribution in [3.8, 4) is 5.75 Å². The zero-order chi connectivity index (χ0) is 23.6. The molecule has 33 heavy (non-hydrogen) atoms. The van der Waals surface area contributed by atoms with Crippen LogP contribution in [0, 0.1) is 5.92 Å². The number of fused-ring (bicyclic) bond motifs is 1. The zero-order valence-electron chi connectivity index (χ0n) is 17.3. The number of imidazole rings is 1. The van der Waals surface area contributed by atoms with E-state index in [-0.39, 0.29) is 29.0 Å². The number of para-hydroxylation sites is 1. The molecule has 10 nitrogen and oxygen atoms in total. The largest absolute Gasteiger partial charge is 0.480 e. The minimum atomic E-state index is -3.98. The summed E-state index contributed by atoms with van der Waals surface area (Å²) in [6.45, 7) is 1.40. The fourth-order valence-electron chi connectivity index (χ4n) is 3.38. The molecule has 0 fully saturated rings. The predicted molar refractivity (Wildman–Crippen MR) is 122 cm³/mol. The summed E-state index contributed by atoms with van der Waals surface area (Å²) in [5.74, 6) is -0.999. The topological polar surface area (TPSA) is 128 Å². The molecule has 13 heteroatoms. The first-order valence-corrected chi connectivity index (χ1v) is 12.3. The van der Waals surface area contributed by atoms with Gasteiger partial charge in [-0.15, -0.1) is 0 Å². The highest BCUT2D eigenvalue weighted by atomic mass is 35.5. The van der Waals surface area contributed by atoms with E-state index in [0.29, 0.717) is 23.3 Å². The maximum Gasteiger partial charge on any atom is 0.459 e. The highest BCUT2D eigenvalue weighted by Crippen LogP contribution is 2.46. The number of carbonyl (C=O) groups is 1. The minimum Gasteiger partial charge on any atom is -0.480 e. The number of halogens is 2. The first-order valence-electron chi connectivity index (χ1n) is 9.98. The van der Waals surface area contributed by atoms with Crippen molar-refractivity contribution in [1.82, 2.24) is 24.6 Å². The van der Waals surface area contributed by atoms with Gasteiger partial charge in [-0.1, -0.05) is 42.0 Å². The third-order valence-corrected chi connectivity index (χ3v) is 7.08. The fourth-order valence-corrected chi connectivity index (χ4v) is 5.35. The van der Waals surface area contributed by atoms with E-state index >= 15 is 0 Å². The van der Waals surface area contributed by atoms with Crippen LogP contribution >= 0.6 is 30.9 Å². The minimum absolute atomic E-state index is 0.0220. The molecule has 174 valence electrons. The van der Waals surface area contributed by atoms with Crippen molar-refractivity contribution in [2.24, 2.45) is 5.92 Å². The standard InChI is InChI=1S/C20H20Cl2N5O5P/c1-12(19(28)29)26-33(30,32-15-5-3-2-4-6-15)31-10-13-7-8-14(9-13)27-11-23-16-17(21)24-20(22)25-18(16)27/h2-8,11-14H,9-10H2,1H3,(H,26,30)(H,28,29)/t12?,13-,14+,33?/m1/s1. The predicted octanol–water partition coefficient (Wildman–Crippen LogP) is 4.52. The van der Waals surface area contributed by atoms with Crippen molar-refractivity contribution in [3.63, 3.8) is 0 Å². The number of aliphatic carboxylic acids is 1. The van der Waals surface area contributed by atoms with E-state index in [1.165, 1.54) is 6.92 Å². The van der Waals surface area contributed by atoms with Gasteiger partial charge in [0.1, 0.15) is 17.3 Å². The Hall–Kier alpha value is -2.49. The van der Waals surface area contributed by atoms with Gasteiger partial charge in [-0.05, 0) is 37.1 Å². The van der Waals surface area contributed by atoms with Crippen molar-refractivity contribution in [2.45, 2.75) is 25.4 Å². The lowest BCUT2D eigenvalue weighted by molar-refractivity contribution is -0.138. The second kappa shape index (κ2) is 9.79. The van der Waals surface area contributed by atoms with E-state index < -0.39 is 19.8 Å². The number of carboxylic acid groups (broad SMARTS) is 1. The summed E-state index contributed by atoms with van der Waals surface area (Å²) in [6, 6.07) is 7.17. The number of rotatable bonds is 9. The van der Waals surface area contributed by atoms with Gasteiger partial charge < -0.3 is 14.2 Å². The van der Waals surface area contributed by atoms with E-state index in [4.69, 9.17) is 32.2 Å². The molecule has 0 amide bonds. The van der Waals surface area contributed by atoms with Crippen LogP contribution in [0.5, 0.6) is 5.75 Å². The second-order valence-corrected chi connectivity index (χ2v) is 9.83. The van der Waals surface area contributed by atoms with Crippen LogP contribution in [-0.2, 0) is 13.9 Å². The third kappa shape index (κ3) is 5.54. The lowest BCUT2D eigenvalue weighted by atomic mass is 10.1. The number of nitrogens with zero attached hydrogens (tertiary/aromatic N) is 4. The number of nitrogens with one attached hydrogen (secondary N) is 1. The number of allylic oxidation sites excluding steroid dienone is 1. The first-order chi connectivity index (χ1) is 15.7. The third-order valence-electron chi connectivity index (χ3n) is 5.01. The van der Waals surface area contributed by atoms with Crippen molar-refractivity contribution in [2.75, 3.05) is 6.61 Å². The number of benzene rings is 1. The van der Waals surface area contributed by atoms with Crippen molar-refractivity contribution < 1.29 is 23.5 Å². The molecule has 4 rings (SSSR count). The lowest BCUT2D eigenvalue weighted by Gasteiger charge is -2.23. The highest BCUT2D eigenvalue weighted by Gasteiger charge is 2.33. The Balaban J connectivity index is 1.45. The first kappa shape index (κ1) is 23.7. The van der Waals surface area contributed by atoms with Crippen LogP contribution in [0.15, 0.2) is 48.8 Å². The smallest absolute Gasteiger partial charge is 0.459 e. The summed E-state index contributed by atoms with van der Waals surface area (Å²) in [5, 5.41) is 11.9. The molecule has 0 spiro atoms. The van der Waals surface area contributed by atoms with E-state index in [2.05, 4.69) is 20.0 Å². The molecule has 2 unspecified atom stereocenters. The molecule has 0 saturated heterocycles. The summed E-state index contributed by atoms with van der Waals surface area (Å²) in [6.07, 6.45) is 6.09. The van der Waals surface area contributed by atoms with Gasteiger partial charge in [-0.25, -0.2) is 14.5 Å². The molecule has 3 aromatic rings. The van der Waals surface area contributed by atoms with Crippen LogP contribution in [0.25, 0.3) is 11.2 Å². The summed E-state index contributed by atoms with van der Waals surface area (Å²) >= 11 is 12.0. The van der Waals surface area contributed by atoms with Gasteiger partial charge in [0.15, 0.2) is 10.8 Å². The van der Waals surface area contributed by atoms with Crippen LogP contribution < -0.4 is 9.61 Å². The molecular formula is C20H20Cl2N5O5P. The van der Waals surface area contributed by atoms with Crippen LogP contribution in [0.2, 0.25) is 10.4 Å². The summed E-state index contributed by atoms with van der Waals surface area (Å²) < 4.78 is 26.3. The fraction of sp³-hybridized carbons (Fsp3) is 0.300. The quantitative estimate of drug-likeness (QED) is 0.184. The van der Waals surface area contributed by atoms with Crippen LogP contribution in [0.4, 0.5) is 0 Å².